The molecule has 0 unspecified atom stereocenters. The molecule has 0 aromatic rings. The second-order valence-electron chi connectivity index (χ2n) is 4.78. The van der Waals surface area contributed by atoms with Crippen LogP contribution in [-0.2, 0) is 10.0 Å². The Labute approximate surface area is 104 Å². The van der Waals surface area contributed by atoms with Gasteiger partial charge < -0.3 is 0 Å². The highest BCUT2D eigenvalue weighted by Gasteiger charge is 2.28. The summed E-state index contributed by atoms with van der Waals surface area (Å²) < 4.78 is 25.5. The Kier molecular flexibility index (Phi) is 4.68. The molecule has 6 heteroatoms. The second kappa shape index (κ2) is 5.25. The van der Waals surface area contributed by atoms with E-state index in [9.17, 15) is 8.42 Å². The van der Waals surface area contributed by atoms with Crippen molar-refractivity contribution < 1.29 is 8.42 Å². The summed E-state index contributed by atoms with van der Waals surface area (Å²) in [5.74, 6) is 0.158. The van der Waals surface area contributed by atoms with E-state index in [2.05, 4.69) is 36.1 Å². The zero-order valence-electron chi connectivity index (χ0n) is 10.2. The molecule has 0 amide bonds. The lowest BCUT2D eigenvalue weighted by atomic mass is 10.0. The van der Waals surface area contributed by atoms with E-state index in [4.69, 9.17) is 0 Å². The van der Waals surface area contributed by atoms with E-state index in [1.807, 2.05) is 0 Å². The van der Waals surface area contributed by atoms with Gasteiger partial charge in [0.15, 0.2) is 0 Å². The van der Waals surface area contributed by atoms with Crippen molar-refractivity contribution in [3.8, 4) is 0 Å². The number of piperidine rings is 1. The van der Waals surface area contributed by atoms with Gasteiger partial charge in [-0.3, -0.25) is 4.90 Å². The summed E-state index contributed by atoms with van der Waals surface area (Å²) in [4.78, 5) is 2.15. The highest BCUT2D eigenvalue weighted by molar-refractivity contribution is 7.89. The van der Waals surface area contributed by atoms with Gasteiger partial charge in [-0.2, -0.15) is 12.6 Å². The van der Waals surface area contributed by atoms with Gasteiger partial charge in [0.25, 0.3) is 0 Å². The maximum absolute atomic E-state index is 11.4. The van der Waals surface area contributed by atoms with E-state index in [0.29, 0.717) is 0 Å². The van der Waals surface area contributed by atoms with Crippen molar-refractivity contribution in [3.05, 3.63) is 0 Å². The molecule has 1 saturated heterocycles. The SMILES string of the molecule is CCS(=O)(=O)NC1CCN(C(C)(C)S)CC1. The molecule has 96 valence electrons. The Morgan fingerprint density at radius 2 is 1.88 bits per heavy atom. The predicted octanol–water partition coefficient (Wildman–Crippen LogP) is 1.06. The lowest BCUT2D eigenvalue weighted by Gasteiger charge is -2.40. The summed E-state index contributed by atoms with van der Waals surface area (Å²) in [6, 6.07) is 0.0943. The summed E-state index contributed by atoms with van der Waals surface area (Å²) >= 11 is 4.52. The van der Waals surface area contributed by atoms with E-state index in [0.717, 1.165) is 25.9 Å². The number of hydrogen-bond acceptors (Lipinski definition) is 4. The normalized spacial score (nSPS) is 21.2. The van der Waals surface area contributed by atoms with Crippen LogP contribution in [0.15, 0.2) is 0 Å². The van der Waals surface area contributed by atoms with Crippen LogP contribution in [0, 0.1) is 0 Å². The minimum absolute atomic E-state index is 0.0943. The molecule has 0 saturated carbocycles. The molecule has 1 heterocycles. The van der Waals surface area contributed by atoms with Gasteiger partial charge in [0, 0.05) is 19.1 Å². The molecule has 0 bridgehead atoms. The van der Waals surface area contributed by atoms with Crippen LogP contribution >= 0.6 is 12.6 Å². The third kappa shape index (κ3) is 4.24. The molecule has 0 aliphatic carbocycles. The first-order valence-electron chi connectivity index (χ1n) is 5.72. The molecule has 0 atom stereocenters. The zero-order valence-corrected chi connectivity index (χ0v) is 11.9. The second-order valence-corrected chi connectivity index (χ2v) is 7.91. The van der Waals surface area contributed by atoms with Crippen LogP contribution in [0.4, 0.5) is 0 Å². The number of nitrogens with one attached hydrogen (secondary N) is 1. The third-order valence-electron chi connectivity index (χ3n) is 3.00. The minimum Gasteiger partial charge on any atom is -0.289 e. The molecule has 1 aliphatic rings. The van der Waals surface area contributed by atoms with Crippen molar-refractivity contribution in [2.24, 2.45) is 0 Å². The number of rotatable bonds is 4. The van der Waals surface area contributed by atoms with E-state index in [1.165, 1.54) is 0 Å². The average molecular weight is 266 g/mol. The first kappa shape index (κ1) is 14.3. The van der Waals surface area contributed by atoms with Gasteiger partial charge in [-0.15, -0.1) is 0 Å². The molecule has 0 radical (unpaired) electrons. The van der Waals surface area contributed by atoms with Gasteiger partial charge >= 0.3 is 0 Å². The fourth-order valence-corrected chi connectivity index (χ4v) is 2.99. The summed E-state index contributed by atoms with van der Waals surface area (Å²) in [6.45, 7) is 7.58. The first-order chi connectivity index (χ1) is 7.24. The monoisotopic (exact) mass is 266 g/mol. The maximum atomic E-state index is 11.4. The Morgan fingerprint density at radius 1 is 1.38 bits per heavy atom. The first-order valence-corrected chi connectivity index (χ1v) is 7.82. The number of hydrogen-bond donors (Lipinski definition) is 2. The largest absolute Gasteiger partial charge is 0.289 e. The van der Waals surface area contributed by atoms with Gasteiger partial charge in [-0.05, 0) is 33.6 Å². The minimum atomic E-state index is -3.06. The Bertz CT molecular complexity index is 314. The van der Waals surface area contributed by atoms with Gasteiger partial charge in [0.2, 0.25) is 10.0 Å². The van der Waals surface area contributed by atoms with Crippen molar-refractivity contribution >= 4 is 22.7 Å². The van der Waals surface area contributed by atoms with Crippen molar-refractivity contribution in [2.45, 2.75) is 44.5 Å². The molecule has 1 N–H and O–H groups in total. The number of likely N-dealkylation sites (tertiary alicyclic amines) is 1. The Hall–Kier alpha value is 0.220. The van der Waals surface area contributed by atoms with Crippen molar-refractivity contribution in [2.75, 3.05) is 18.8 Å². The van der Waals surface area contributed by atoms with Crippen LogP contribution < -0.4 is 4.72 Å². The highest BCUT2D eigenvalue weighted by atomic mass is 32.2. The molecular formula is C10H22N2O2S2. The number of sulfonamides is 1. The van der Waals surface area contributed by atoms with E-state index in [-0.39, 0.29) is 16.7 Å². The molecule has 1 aliphatic heterocycles. The predicted molar refractivity (Wildman–Crippen MR) is 70.3 cm³/mol. The van der Waals surface area contributed by atoms with Gasteiger partial charge in [-0.25, -0.2) is 13.1 Å². The van der Waals surface area contributed by atoms with Crippen LogP contribution in [0.1, 0.15) is 33.6 Å². The third-order valence-corrected chi connectivity index (χ3v) is 4.73. The number of nitrogens with zero attached hydrogens (tertiary/aromatic N) is 1. The molecule has 0 aromatic heterocycles. The molecule has 16 heavy (non-hydrogen) atoms. The fraction of sp³-hybridized carbons (Fsp3) is 1.00. The standard InChI is InChI=1S/C10H22N2O2S2/c1-4-16(13,14)11-9-5-7-12(8-6-9)10(2,3)15/h9,11,15H,4-8H2,1-3H3. The molecule has 0 aromatic carbocycles. The lowest BCUT2D eigenvalue weighted by Crippen LogP contribution is -2.50. The molecule has 4 nitrogen and oxygen atoms in total. The van der Waals surface area contributed by atoms with Crippen molar-refractivity contribution in [1.82, 2.24) is 9.62 Å². The summed E-state index contributed by atoms with van der Waals surface area (Å²) in [5, 5.41) is 0. The Balaban J connectivity index is 2.44. The van der Waals surface area contributed by atoms with Crippen molar-refractivity contribution in [1.29, 1.82) is 0 Å². The quantitative estimate of drug-likeness (QED) is 0.748. The molecular weight excluding hydrogens is 244 g/mol. The number of thiol groups is 1. The van der Waals surface area contributed by atoms with Gasteiger partial charge in [0.05, 0.1) is 10.6 Å². The van der Waals surface area contributed by atoms with E-state index >= 15 is 0 Å². The summed E-state index contributed by atoms with van der Waals surface area (Å²) in [7, 11) is -3.06. The summed E-state index contributed by atoms with van der Waals surface area (Å²) in [5.41, 5.74) is 0. The van der Waals surface area contributed by atoms with Crippen LogP contribution in [-0.4, -0.2) is 43.1 Å². The van der Waals surface area contributed by atoms with E-state index < -0.39 is 10.0 Å². The molecule has 1 fully saturated rings. The highest BCUT2D eigenvalue weighted by Crippen LogP contribution is 2.23. The van der Waals surface area contributed by atoms with Gasteiger partial charge in [0.1, 0.15) is 0 Å². The zero-order chi connectivity index (χ0) is 12.4. The average Bonchev–Trinajstić information content (AvgIpc) is 2.16. The van der Waals surface area contributed by atoms with E-state index in [1.54, 1.807) is 6.92 Å². The smallest absolute Gasteiger partial charge is 0.211 e. The Morgan fingerprint density at radius 3 is 2.25 bits per heavy atom. The van der Waals surface area contributed by atoms with Gasteiger partial charge in [-0.1, -0.05) is 0 Å². The van der Waals surface area contributed by atoms with Crippen LogP contribution in [0.2, 0.25) is 0 Å². The maximum Gasteiger partial charge on any atom is 0.211 e. The van der Waals surface area contributed by atoms with Crippen molar-refractivity contribution in [3.63, 3.8) is 0 Å². The fourth-order valence-electron chi connectivity index (χ4n) is 1.88. The molecule has 0 spiro atoms. The topological polar surface area (TPSA) is 49.4 Å². The molecule has 1 rings (SSSR count). The lowest BCUT2D eigenvalue weighted by molar-refractivity contribution is 0.149. The van der Waals surface area contributed by atoms with Crippen LogP contribution in [0.25, 0.3) is 0 Å². The van der Waals surface area contributed by atoms with Crippen LogP contribution in [0.3, 0.4) is 0 Å². The van der Waals surface area contributed by atoms with Crippen LogP contribution in [0.5, 0.6) is 0 Å². The summed E-state index contributed by atoms with van der Waals surface area (Å²) in [6.07, 6.45) is 1.73.